The Bertz CT molecular complexity index is 1060. The third-order valence-corrected chi connectivity index (χ3v) is 4.58. The first-order valence-corrected chi connectivity index (χ1v) is 9.38. The Balaban J connectivity index is 1.62. The average molecular weight is 402 g/mol. The quantitative estimate of drug-likeness (QED) is 0.309. The molecular formula is C25H22O5. The molecule has 5 heteroatoms. The lowest BCUT2D eigenvalue weighted by atomic mass is 10.1. The van der Waals surface area contributed by atoms with E-state index in [9.17, 15) is 9.59 Å². The summed E-state index contributed by atoms with van der Waals surface area (Å²) in [5.74, 6) is 0.932. The molecule has 0 N–H and O–H groups in total. The second-order valence-electron chi connectivity index (χ2n) is 6.64. The van der Waals surface area contributed by atoms with Crippen LogP contribution in [0.25, 0.3) is 6.08 Å². The standard InChI is InChI=1S/C25H22O5/c1-17-5-4-6-23(18(17)2)29-21-14-10-20(11-15-21)25(27)30-22-12-7-19(8-13-22)9-16-24(26)28-3/h4-16H,1-3H3/b16-9+. The molecule has 0 atom stereocenters. The van der Waals surface area contributed by atoms with Crippen molar-refractivity contribution in [3.8, 4) is 17.2 Å². The van der Waals surface area contributed by atoms with Crippen LogP contribution in [0, 0.1) is 13.8 Å². The van der Waals surface area contributed by atoms with Crippen LogP contribution in [0.4, 0.5) is 0 Å². The van der Waals surface area contributed by atoms with Gasteiger partial charge in [0.05, 0.1) is 12.7 Å². The van der Waals surface area contributed by atoms with E-state index in [1.165, 1.54) is 13.2 Å². The molecule has 5 nitrogen and oxygen atoms in total. The lowest BCUT2D eigenvalue weighted by Gasteiger charge is -2.11. The Morgan fingerprint density at radius 2 is 1.50 bits per heavy atom. The monoisotopic (exact) mass is 402 g/mol. The number of aryl methyl sites for hydroxylation is 1. The van der Waals surface area contributed by atoms with Crippen LogP contribution in [-0.4, -0.2) is 19.0 Å². The predicted molar refractivity (Wildman–Crippen MR) is 115 cm³/mol. The molecule has 0 saturated carbocycles. The molecule has 0 heterocycles. The first-order chi connectivity index (χ1) is 14.5. The first kappa shape index (κ1) is 20.9. The minimum absolute atomic E-state index is 0.408. The summed E-state index contributed by atoms with van der Waals surface area (Å²) < 4.78 is 15.9. The summed E-state index contributed by atoms with van der Waals surface area (Å²) in [6.45, 7) is 4.04. The van der Waals surface area contributed by atoms with Gasteiger partial charge in [0.25, 0.3) is 0 Å². The third-order valence-electron chi connectivity index (χ3n) is 4.58. The summed E-state index contributed by atoms with van der Waals surface area (Å²) in [6.07, 6.45) is 2.94. The zero-order valence-corrected chi connectivity index (χ0v) is 17.0. The van der Waals surface area contributed by atoms with Crippen molar-refractivity contribution >= 4 is 18.0 Å². The van der Waals surface area contributed by atoms with E-state index in [1.54, 1.807) is 54.6 Å². The van der Waals surface area contributed by atoms with E-state index in [-0.39, 0.29) is 0 Å². The molecule has 30 heavy (non-hydrogen) atoms. The van der Waals surface area contributed by atoms with Gasteiger partial charge < -0.3 is 14.2 Å². The van der Waals surface area contributed by atoms with E-state index in [0.29, 0.717) is 17.1 Å². The van der Waals surface area contributed by atoms with Crippen molar-refractivity contribution in [2.75, 3.05) is 7.11 Å². The normalized spacial score (nSPS) is 10.6. The van der Waals surface area contributed by atoms with Gasteiger partial charge >= 0.3 is 11.9 Å². The van der Waals surface area contributed by atoms with Crippen LogP contribution in [0.3, 0.4) is 0 Å². The third kappa shape index (κ3) is 5.35. The molecule has 0 radical (unpaired) electrons. The van der Waals surface area contributed by atoms with Gasteiger partial charge in [-0.25, -0.2) is 9.59 Å². The van der Waals surface area contributed by atoms with Crippen LogP contribution in [0.1, 0.15) is 27.0 Å². The maximum Gasteiger partial charge on any atom is 0.343 e. The second kappa shape index (κ2) is 9.56. The van der Waals surface area contributed by atoms with Crippen LogP contribution in [0.2, 0.25) is 0 Å². The van der Waals surface area contributed by atoms with Gasteiger partial charge in [0.2, 0.25) is 0 Å². The zero-order valence-electron chi connectivity index (χ0n) is 17.0. The number of carbonyl (C=O) groups excluding carboxylic acids is 2. The molecule has 3 aromatic carbocycles. The lowest BCUT2D eigenvalue weighted by molar-refractivity contribution is -0.134. The Labute approximate surface area is 175 Å². The van der Waals surface area contributed by atoms with Crippen molar-refractivity contribution in [1.82, 2.24) is 0 Å². The van der Waals surface area contributed by atoms with Gasteiger partial charge in [-0.1, -0.05) is 24.3 Å². The van der Waals surface area contributed by atoms with E-state index >= 15 is 0 Å². The Morgan fingerprint density at radius 1 is 0.833 bits per heavy atom. The van der Waals surface area contributed by atoms with Gasteiger partial charge in [-0.2, -0.15) is 0 Å². The first-order valence-electron chi connectivity index (χ1n) is 9.38. The van der Waals surface area contributed by atoms with E-state index in [2.05, 4.69) is 4.74 Å². The largest absolute Gasteiger partial charge is 0.466 e. The molecule has 0 aromatic heterocycles. The maximum absolute atomic E-state index is 12.4. The Morgan fingerprint density at radius 3 is 2.17 bits per heavy atom. The molecule has 3 aromatic rings. The number of hydrogen-bond donors (Lipinski definition) is 0. The fourth-order valence-electron chi connectivity index (χ4n) is 2.67. The van der Waals surface area contributed by atoms with Crippen molar-refractivity contribution < 1.29 is 23.8 Å². The fraction of sp³-hybridized carbons (Fsp3) is 0.120. The number of benzene rings is 3. The number of esters is 2. The van der Waals surface area contributed by atoms with E-state index in [1.807, 2.05) is 32.0 Å². The lowest BCUT2D eigenvalue weighted by Crippen LogP contribution is -2.08. The highest BCUT2D eigenvalue weighted by Crippen LogP contribution is 2.27. The van der Waals surface area contributed by atoms with Crippen molar-refractivity contribution in [3.05, 3.63) is 95.1 Å². The maximum atomic E-state index is 12.4. The number of ether oxygens (including phenoxy) is 3. The summed E-state index contributed by atoms with van der Waals surface area (Å²) in [6, 6.07) is 19.5. The molecule has 152 valence electrons. The molecule has 0 fully saturated rings. The van der Waals surface area contributed by atoms with Gasteiger partial charge in [-0.05, 0) is 79.1 Å². The van der Waals surface area contributed by atoms with Crippen LogP contribution < -0.4 is 9.47 Å². The SMILES string of the molecule is COC(=O)/C=C/c1ccc(OC(=O)c2ccc(Oc3cccc(C)c3C)cc2)cc1. The van der Waals surface area contributed by atoms with Crippen LogP contribution >= 0.6 is 0 Å². The summed E-state index contributed by atoms with van der Waals surface area (Å²) in [7, 11) is 1.32. The van der Waals surface area contributed by atoms with E-state index in [0.717, 1.165) is 22.4 Å². The number of rotatable bonds is 6. The average Bonchev–Trinajstić information content (AvgIpc) is 2.76. The smallest absolute Gasteiger partial charge is 0.343 e. The van der Waals surface area contributed by atoms with Gasteiger partial charge in [0.15, 0.2) is 0 Å². The number of hydrogen-bond acceptors (Lipinski definition) is 5. The highest BCUT2D eigenvalue weighted by Gasteiger charge is 2.10. The zero-order chi connectivity index (χ0) is 21.5. The molecular weight excluding hydrogens is 380 g/mol. The van der Waals surface area contributed by atoms with E-state index in [4.69, 9.17) is 9.47 Å². The van der Waals surface area contributed by atoms with Gasteiger partial charge in [-0.3, -0.25) is 0 Å². The van der Waals surface area contributed by atoms with Crippen molar-refractivity contribution in [2.24, 2.45) is 0 Å². The number of methoxy groups -OCH3 is 1. The summed E-state index contributed by atoms with van der Waals surface area (Å²) >= 11 is 0. The van der Waals surface area contributed by atoms with Crippen LogP contribution in [-0.2, 0) is 9.53 Å². The van der Waals surface area contributed by atoms with Crippen molar-refractivity contribution in [1.29, 1.82) is 0 Å². The Hall–Kier alpha value is -3.86. The molecule has 0 aliphatic heterocycles. The minimum atomic E-state index is -0.467. The highest BCUT2D eigenvalue weighted by atomic mass is 16.5. The minimum Gasteiger partial charge on any atom is -0.466 e. The van der Waals surface area contributed by atoms with Crippen LogP contribution in [0.15, 0.2) is 72.8 Å². The molecule has 0 saturated heterocycles. The molecule has 0 aliphatic carbocycles. The molecule has 0 spiro atoms. The molecule has 0 unspecified atom stereocenters. The molecule has 3 rings (SSSR count). The topological polar surface area (TPSA) is 61.8 Å². The summed E-state index contributed by atoms with van der Waals surface area (Å²) in [5, 5.41) is 0. The number of carbonyl (C=O) groups is 2. The van der Waals surface area contributed by atoms with Crippen LogP contribution in [0.5, 0.6) is 17.2 Å². The van der Waals surface area contributed by atoms with Gasteiger partial charge in [0.1, 0.15) is 17.2 Å². The molecule has 0 bridgehead atoms. The molecule has 0 amide bonds. The Kier molecular flexibility index (Phi) is 6.65. The predicted octanol–water partition coefficient (Wildman–Crippen LogP) is 5.50. The highest BCUT2D eigenvalue weighted by molar-refractivity contribution is 5.91. The van der Waals surface area contributed by atoms with Crippen molar-refractivity contribution in [3.63, 3.8) is 0 Å². The van der Waals surface area contributed by atoms with E-state index < -0.39 is 11.9 Å². The molecule has 0 aliphatic rings. The van der Waals surface area contributed by atoms with Crippen molar-refractivity contribution in [2.45, 2.75) is 13.8 Å². The fourth-order valence-corrected chi connectivity index (χ4v) is 2.67. The van der Waals surface area contributed by atoms with Gasteiger partial charge in [0, 0.05) is 6.08 Å². The summed E-state index contributed by atoms with van der Waals surface area (Å²) in [5.41, 5.74) is 3.43. The second-order valence-corrected chi connectivity index (χ2v) is 6.64. The van der Waals surface area contributed by atoms with Gasteiger partial charge in [-0.15, -0.1) is 0 Å². The summed E-state index contributed by atoms with van der Waals surface area (Å²) in [4.78, 5) is 23.5.